The van der Waals surface area contributed by atoms with Crippen LogP contribution in [-0.4, -0.2) is 58.5 Å². The van der Waals surface area contributed by atoms with Crippen molar-refractivity contribution < 1.29 is 27.9 Å². The summed E-state index contributed by atoms with van der Waals surface area (Å²) in [6.45, 7) is 3.19. The number of hydrogen-bond acceptors (Lipinski definition) is 7. The lowest BCUT2D eigenvalue weighted by atomic mass is 10.2. The van der Waals surface area contributed by atoms with Gasteiger partial charge in [0.05, 0.1) is 10.2 Å². The molecule has 0 spiro atoms. The van der Waals surface area contributed by atoms with Crippen molar-refractivity contribution in [1.82, 2.24) is 29.5 Å². The van der Waals surface area contributed by atoms with Crippen LogP contribution in [0.5, 0.6) is 0 Å². The zero-order valence-electron chi connectivity index (χ0n) is 19.6. The first-order chi connectivity index (χ1) is 17.5. The molecule has 2 N–H and O–H groups in total. The predicted octanol–water partition coefficient (Wildman–Crippen LogP) is 3.06. The van der Waals surface area contributed by atoms with Gasteiger partial charge >= 0.3 is 12.1 Å². The number of rotatable bonds is 8. The van der Waals surface area contributed by atoms with Gasteiger partial charge in [0.2, 0.25) is 5.78 Å². The van der Waals surface area contributed by atoms with Crippen LogP contribution in [0.2, 0.25) is 0 Å². The van der Waals surface area contributed by atoms with Gasteiger partial charge in [-0.05, 0) is 34.5 Å². The van der Waals surface area contributed by atoms with Gasteiger partial charge in [-0.15, -0.1) is 10.2 Å². The summed E-state index contributed by atoms with van der Waals surface area (Å²) in [6.07, 6.45) is 0.481. The first kappa shape index (κ1) is 28.0. The average Bonchev–Trinajstić information content (AvgIpc) is 3.45. The van der Waals surface area contributed by atoms with Crippen LogP contribution < -0.4 is 10.9 Å². The number of fused-ring (bicyclic) bond motifs is 2. The van der Waals surface area contributed by atoms with E-state index in [0.29, 0.717) is 48.1 Å². The summed E-state index contributed by atoms with van der Waals surface area (Å²) >= 11 is 3.43. The summed E-state index contributed by atoms with van der Waals surface area (Å²) in [4.78, 5) is 42.8. The molecule has 0 atom stereocenters. The molecule has 0 fully saturated rings. The highest BCUT2D eigenvalue weighted by Crippen LogP contribution is 2.28. The maximum atomic E-state index is 13.1. The van der Waals surface area contributed by atoms with Crippen molar-refractivity contribution in [2.45, 2.75) is 51.7 Å². The molecule has 1 amide bonds. The number of carboxylic acid groups (broad SMARTS) is 1. The van der Waals surface area contributed by atoms with Crippen molar-refractivity contribution in [2.24, 2.45) is 4.99 Å². The van der Waals surface area contributed by atoms with E-state index < -0.39 is 12.1 Å². The Labute approximate surface area is 216 Å². The molecule has 198 valence electrons. The molecule has 0 bridgehead atoms. The van der Waals surface area contributed by atoms with Crippen LogP contribution in [-0.2, 0) is 24.2 Å². The number of carboxylic acids is 1. The second-order valence-corrected chi connectivity index (χ2v) is 8.82. The maximum absolute atomic E-state index is 13.1. The lowest BCUT2D eigenvalue weighted by molar-refractivity contribution is -0.192. The van der Waals surface area contributed by atoms with Crippen molar-refractivity contribution in [1.29, 1.82) is 0 Å². The number of alkyl halides is 3. The van der Waals surface area contributed by atoms with Crippen molar-refractivity contribution in [3.8, 4) is 0 Å². The van der Waals surface area contributed by atoms with Crippen LogP contribution in [0.25, 0.3) is 5.78 Å². The molecule has 4 rings (SSSR count). The zero-order chi connectivity index (χ0) is 27.2. The van der Waals surface area contributed by atoms with Gasteiger partial charge in [-0.25, -0.2) is 14.2 Å². The SMILES string of the molecule is CCCCCn1c2c(c(=O)n3c(CCNC(=O)c4ccccn4)nnc13)CC(Br)=N2.O=C(O)C(F)(F)F. The molecule has 0 radical (unpaired) electrons. The molecule has 0 unspecified atom stereocenters. The number of amides is 1. The minimum absolute atomic E-state index is 0.152. The standard InChI is InChI=1S/C20H22BrN7O2.C2HF3O2/c1-2-3-6-11-27-17-13(12-15(21)24-17)19(30)28-16(25-26-20(27)28)8-10-23-18(29)14-7-4-5-9-22-14;3-2(4,5)1(6)7/h4-5,7,9H,2-3,6,8,10-12H2,1H3,(H,23,29);(H,6,7). The fourth-order valence-electron chi connectivity index (χ4n) is 3.52. The van der Waals surface area contributed by atoms with Crippen molar-refractivity contribution in [3.63, 3.8) is 0 Å². The normalized spacial score (nSPS) is 12.5. The van der Waals surface area contributed by atoms with Crippen LogP contribution in [0.15, 0.2) is 34.2 Å². The molecule has 3 aromatic rings. The van der Waals surface area contributed by atoms with Gasteiger partial charge < -0.3 is 10.4 Å². The van der Waals surface area contributed by atoms with Gasteiger partial charge in [0.15, 0.2) is 0 Å². The quantitative estimate of drug-likeness (QED) is 0.386. The molecular formula is C22H23BrF3N7O4. The minimum atomic E-state index is -5.08. The van der Waals surface area contributed by atoms with E-state index in [9.17, 15) is 22.8 Å². The number of halogens is 4. The number of carbonyl (C=O) groups excluding carboxylic acids is 1. The average molecular weight is 586 g/mol. The number of aliphatic imine (C=N–C) groups is 1. The Hall–Kier alpha value is -3.62. The van der Waals surface area contributed by atoms with Crippen LogP contribution in [0, 0.1) is 0 Å². The molecule has 0 aliphatic carbocycles. The molecule has 3 aromatic heterocycles. The summed E-state index contributed by atoms with van der Waals surface area (Å²) < 4.78 is 36.0. The molecule has 0 saturated heterocycles. The first-order valence-corrected chi connectivity index (χ1v) is 12.1. The number of aliphatic carboxylic acids is 1. The van der Waals surface area contributed by atoms with Crippen molar-refractivity contribution in [2.75, 3.05) is 6.54 Å². The summed E-state index contributed by atoms with van der Waals surface area (Å²) in [5, 5.41) is 18.5. The van der Waals surface area contributed by atoms with Crippen molar-refractivity contribution in [3.05, 3.63) is 51.8 Å². The van der Waals surface area contributed by atoms with E-state index in [-0.39, 0.29) is 11.5 Å². The molecule has 4 heterocycles. The van der Waals surface area contributed by atoms with Crippen LogP contribution in [0.1, 0.15) is 48.1 Å². The molecule has 0 aromatic carbocycles. The van der Waals surface area contributed by atoms with E-state index in [0.717, 1.165) is 30.4 Å². The molecule has 1 aliphatic heterocycles. The van der Waals surface area contributed by atoms with Gasteiger partial charge in [-0.2, -0.15) is 13.2 Å². The van der Waals surface area contributed by atoms with E-state index in [1.165, 1.54) is 0 Å². The van der Waals surface area contributed by atoms with Gasteiger partial charge in [0.25, 0.3) is 11.5 Å². The Morgan fingerprint density at radius 3 is 2.57 bits per heavy atom. The number of nitrogens with zero attached hydrogens (tertiary/aromatic N) is 6. The highest BCUT2D eigenvalue weighted by Gasteiger charge is 2.38. The van der Waals surface area contributed by atoms with Gasteiger partial charge in [-0.1, -0.05) is 25.8 Å². The second kappa shape index (κ2) is 12.1. The van der Waals surface area contributed by atoms with Crippen LogP contribution in [0.4, 0.5) is 19.0 Å². The Kier molecular flexibility index (Phi) is 9.13. The molecule has 37 heavy (non-hydrogen) atoms. The Balaban J connectivity index is 0.000000479. The highest BCUT2D eigenvalue weighted by molar-refractivity contribution is 9.18. The van der Waals surface area contributed by atoms with E-state index in [1.54, 1.807) is 28.8 Å². The fraction of sp³-hybridized carbons (Fsp3) is 0.409. The number of unbranched alkanes of at least 4 members (excludes halogenated alkanes) is 2. The summed E-state index contributed by atoms with van der Waals surface area (Å²) in [5.74, 6) is -1.34. The second-order valence-electron chi connectivity index (χ2n) is 7.91. The Morgan fingerprint density at radius 2 is 1.95 bits per heavy atom. The topological polar surface area (TPSA) is 144 Å². The predicted molar refractivity (Wildman–Crippen MR) is 130 cm³/mol. The molecule has 15 heteroatoms. The maximum Gasteiger partial charge on any atom is 0.490 e. The molecular weight excluding hydrogens is 563 g/mol. The van der Waals surface area contributed by atoms with E-state index >= 15 is 0 Å². The number of carbonyl (C=O) groups is 2. The molecule has 0 saturated carbocycles. The summed E-state index contributed by atoms with van der Waals surface area (Å²) in [7, 11) is 0. The molecule has 1 aliphatic rings. The number of aryl methyl sites for hydroxylation is 1. The summed E-state index contributed by atoms with van der Waals surface area (Å²) in [5.41, 5.74) is 0.840. The fourth-order valence-corrected chi connectivity index (χ4v) is 3.97. The first-order valence-electron chi connectivity index (χ1n) is 11.3. The van der Waals surface area contributed by atoms with Crippen LogP contribution >= 0.6 is 15.9 Å². The third-order valence-electron chi connectivity index (χ3n) is 5.25. The number of hydrogen-bond donors (Lipinski definition) is 2. The third-order valence-corrected chi connectivity index (χ3v) is 5.71. The minimum Gasteiger partial charge on any atom is -0.475 e. The largest absolute Gasteiger partial charge is 0.490 e. The van der Waals surface area contributed by atoms with Crippen molar-refractivity contribution >= 4 is 44.0 Å². The number of pyridine rings is 1. The smallest absolute Gasteiger partial charge is 0.475 e. The number of aromatic nitrogens is 5. The lowest BCUT2D eigenvalue weighted by Crippen LogP contribution is -2.28. The molecule has 11 nitrogen and oxygen atoms in total. The third kappa shape index (κ3) is 6.78. The van der Waals surface area contributed by atoms with E-state index in [2.05, 4.69) is 48.3 Å². The number of nitrogens with one attached hydrogen (secondary N) is 1. The lowest BCUT2D eigenvalue weighted by Gasteiger charge is -2.12. The van der Waals surface area contributed by atoms with E-state index in [4.69, 9.17) is 9.90 Å². The Bertz CT molecular complexity index is 1370. The summed E-state index contributed by atoms with van der Waals surface area (Å²) in [6, 6.07) is 5.17. The Morgan fingerprint density at radius 1 is 1.22 bits per heavy atom. The highest BCUT2D eigenvalue weighted by atomic mass is 79.9. The van der Waals surface area contributed by atoms with Gasteiger partial charge in [0.1, 0.15) is 17.3 Å². The van der Waals surface area contributed by atoms with E-state index in [1.807, 2.05) is 4.57 Å². The monoisotopic (exact) mass is 585 g/mol. The van der Waals surface area contributed by atoms with Gasteiger partial charge in [-0.3, -0.25) is 19.1 Å². The van der Waals surface area contributed by atoms with Gasteiger partial charge in [0, 0.05) is 32.1 Å². The van der Waals surface area contributed by atoms with Crippen LogP contribution in [0.3, 0.4) is 0 Å². The zero-order valence-corrected chi connectivity index (χ0v) is 21.2.